The highest BCUT2D eigenvalue weighted by Gasteiger charge is 2.54. The second-order valence-electron chi connectivity index (χ2n) is 9.25. The topological polar surface area (TPSA) is 91.8 Å². The van der Waals surface area contributed by atoms with E-state index >= 15 is 0 Å². The average Bonchev–Trinajstić information content (AvgIpc) is 2.65. The number of piperidine rings is 1. The average molecular weight is 433 g/mol. The molecule has 2 atom stereocenters. The number of hydrogen-bond acceptors (Lipinski definition) is 5. The maximum Gasteiger partial charge on any atom is 0.410 e. The molecule has 1 heterocycles. The molecule has 3 rings (SSSR count). The number of nitrogens with two attached hydrogens (primary N) is 1. The van der Waals surface area contributed by atoms with Gasteiger partial charge < -0.3 is 15.9 Å². The van der Waals surface area contributed by atoms with E-state index in [1.807, 2.05) is 37.8 Å². The van der Waals surface area contributed by atoms with Crippen molar-refractivity contribution in [3.05, 3.63) is 34.9 Å². The van der Waals surface area contributed by atoms with E-state index in [9.17, 15) is 4.79 Å². The van der Waals surface area contributed by atoms with Gasteiger partial charge in [0.25, 0.3) is 0 Å². The Hall–Kier alpha value is -1.92. The summed E-state index contributed by atoms with van der Waals surface area (Å²) in [5, 5.41) is 8.68. The highest BCUT2D eigenvalue weighted by atomic mass is 35.5. The van der Waals surface area contributed by atoms with Crippen molar-refractivity contribution in [3.8, 4) is 0 Å². The summed E-state index contributed by atoms with van der Waals surface area (Å²) < 4.78 is 5.78. The van der Waals surface area contributed by atoms with Gasteiger partial charge in [-0.3, -0.25) is 9.89 Å². The second-order valence-corrected chi connectivity index (χ2v) is 9.69. The molecule has 0 radical (unpaired) electrons. The van der Waals surface area contributed by atoms with E-state index in [0.717, 1.165) is 30.5 Å². The Morgan fingerprint density at radius 3 is 2.53 bits per heavy atom. The summed E-state index contributed by atoms with van der Waals surface area (Å²) >= 11 is 6.15. The first-order valence-corrected chi connectivity index (χ1v) is 11.1. The van der Waals surface area contributed by atoms with E-state index in [2.05, 4.69) is 12.1 Å². The van der Waals surface area contributed by atoms with Gasteiger partial charge in [0, 0.05) is 41.4 Å². The summed E-state index contributed by atoms with van der Waals surface area (Å²) in [5.74, 6) is -0.0926. The van der Waals surface area contributed by atoms with E-state index in [4.69, 9.17) is 32.5 Å². The second kappa shape index (κ2) is 9.06. The number of amides is 1. The molecule has 1 aliphatic carbocycles. The summed E-state index contributed by atoms with van der Waals surface area (Å²) in [6.07, 6.45) is 4.79. The third kappa shape index (κ3) is 4.54. The lowest BCUT2D eigenvalue weighted by molar-refractivity contribution is 0.00343. The molecule has 6 nitrogen and oxygen atoms in total. The number of nitrogens with one attached hydrogen (secondary N) is 1. The maximum atomic E-state index is 13.3. The Balaban J connectivity index is 2.10. The van der Waals surface area contributed by atoms with E-state index in [0.29, 0.717) is 31.1 Å². The standard InChI is InChI=1S/C23H33ClN4O2/c1-22(2,3)30-21(29)28-14-9-16(15-26)19(27-13-12-25)20(28)23(10-4-11-23)17-5-7-18(24)8-6-17/h5-8,15-16,20,26H,4,9-14,25H2,1-3H3. The van der Waals surface area contributed by atoms with Gasteiger partial charge in [0.15, 0.2) is 0 Å². The van der Waals surface area contributed by atoms with Crippen molar-refractivity contribution in [1.82, 2.24) is 4.90 Å². The van der Waals surface area contributed by atoms with Crippen molar-refractivity contribution < 1.29 is 9.53 Å². The minimum atomic E-state index is -0.582. The lowest BCUT2D eigenvalue weighted by atomic mass is 9.57. The molecule has 0 bridgehead atoms. The maximum absolute atomic E-state index is 13.3. The van der Waals surface area contributed by atoms with Crippen LogP contribution in [0.4, 0.5) is 4.79 Å². The summed E-state index contributed by atoms with van der Waals surface area (Å²) in [5.41, 5.74) is 6.95. The molecule has 1 aliphatic heterocycles. The first-order valence-electron chi connectivity index (χ1n) is 10.7. The van der Waals surface area contributed by atoms with Crippen molar-refractivity contribution in [3.63, 3.8) is 0 Å². The molecule has 164 valence electrons. The molecule has 1 aromatic rings. The normalized spacial score (nSPS) is 25.0. The number of carbonyl (C=O) groups excluding carboxylic acids is 1. The zero-order valence-electron chi connectivity index (χ0n) is 18.2. The molecular weight excluding hydrogens is 400 g/mol. The molecule has 1 saturated carbocycles. The number of rotatable bonds is 5. The van der Waals surface area contributed by atoms with Gasteiger partial charge in [-0.25, -0.2) is 4.79 Å². The molecule has 0 spiro atoms. The molecule has 7 heteroatoms. The highest BCUT2D eigenvalue weighted by Crippen LogP contribution is 2.50. The first kappa shape index (κ1) is 22.8. The molecule has 1 amide bonds. The zero-order valence-corrected chi connectivity index (χ0v) is 18.9. The van der Waals surface area contributed by atoms with Crippen LogP contribution < -0.4 is 5.73 Å². The minimum Gasteiger partial charge on any atom is -0.444 e. The lowest BCUT2D eigenvalue weighted by Crippen LogP contribution is -2.64. The van der Waals surface area contributed by atoms with Crippen molar-refractivity contribution in [2.24, 2.45) is 16.6 Å². The third-order valence-electron chi connectivity index (χ3n) is 6.09. The fourth-order valence-corrected chi connectivity index (χ4v) is 4.77. The monoisotopic (exact) mass is 432 g/mol. The molecule has 3 N–H and O–H groups in total. The van der Waals surface area contributed by atoms with Crippen LogP contribution in [0.25, 0.3) is 0 Å². The number of likely N-dealkylation sites (tertiary alicyclic amines) is 1. The van der Waals surface area contributed by atoms with Crippen LogP contribution in [0.15, 0.2) is 29.3 Å². The van der Waals surface area contributed by atoms with Gasteiger partial charge in [0.2, 0.25) is 0 Å². The smallest absolute Gasteiger partial charge is 0.410 e. The SMILES string of the molecule is CC(C)(C)OC(=O)N1CCC(C=N)C(=NCCN)C1C1(c2ccc(Cl)cc2)CCC1. The molecule has 2 fully saturated rings. The van der Waals surface area contributed by atoms with E-state index in [1.54, 1.807) is 0 Å². The van der Waals surface area contributed by atoms with E-state index in [1.165, 1.54) is 6.21 Å². The Labute approximate surface area is 184 Å². The van der Waals surface area contributed by atoms with Gasteiger partial charge in [-0.1, -0.05) is 30.2 Å². The van der Waals surface area contributed by atoms with Gasteiger partial charge in [-0.15, -0.1) is 0 Å². The van der Waals surface area contributed by atoms with Gasteiger partial charge >= 0.3 is 6.09 Å². The number of ether oxygens (including phenoxy) is 1. The molecule has 2 aliphatic rings. The summed E-state index contributed by atoms with van der Waals surface area (Å²) in [4.78, 5) is 19.9. The molecule has 30 heavy (non-hydrogen) atoms. The van der Waals surface area contributed by atoms with Crippen molar-refractivity contribution in [2.45, 2.75) is 63.5 Å². The van der Waals surface area contributed by atoms with Crippen LogP contribution in [-0.4, -0.2) is 54.2 Å². The van der Waals surface area contributed by atoms with Gasteiger partial charge in [-0.05, 0) is 57.7 Å². The van der Waals surface area contributed by atoms with Crippen molar-refractivity contribution in [2.75, 3.05) is 19.6 Å². The quantitative estimate of drug-likeness (QED) is 0.674. The Morgan fingerprint density at radius 1 is 1.37 bits per heavy atom. The predicted molar refractivity (Wildman–Crippen MR) is 122 cm³/mol. The van der Waals surface area contributed by atoms with Crippen LogP contribution in [0.2, 0.25) is 5.02 Å². The number of hydrogen-bond donors (Lipinski definition) is 2. The molecule has 0 aromatic heterocycles. The van der Waals surface area contributed by atoms with Crippen molar-refractivity contribution >= 4 is 29.6 Å². The zero-order chi connectivity index (χ0) is 21.9. The lowest BCUT2D eigenvalue weighted by Gasteiger charge is -2.55. The van der Waals surface area contributed by atoms with Crippen molar-refractivity contribution in [1.29, 1.82) is 5.41 Å². The van der Waals surface area contributed by atoms with Crippen LogP contribution in [-0.2, 0) is 10.2 Å². The van der Waals surface area contributed by atoms with Gasteiger partial charge in [0.05, 0.1) is 12.6 Å². The summed E-state index contributed by atoms with van der Waals surface area (Å²) in [6.45, 7) is 7.09. The number of nitrogens with zero attached hydrogens (tertiary/aromatic N) is 2. The largest absolute Gasteiger partial charge is 0.444 e. The van der Waals surface area contributed by atoms with E-state index < -0.39 is 5.60 Å². The number of halogens is 1. The Bertz CT molecular complexity index is 796. The van der Waals surface area contributed by atoms with Crippen LogP contribution in [0, 0.1) is 11.3 Å². The molecular formula is C23H33ClN4O2. The summed E-state index contributed by atoms with van der Waals surface area (Å²) in [7, 11) is 0. The highest BCUT2D eigenvalue weighted by molar-refractivity contribution is 6.30. The number of benzene rings is 1. The van der Waals surface area contributed by atoms with Crippen LogP contribution in [0.1, 0.15) is 52.0 Å². The molecule has 2 unspecified atom stereocenters. The molecule has 1 saturated heterocycles. The van der Waals surface area contributed by atoms with Crippen LogP contribution in [0.3, 0.4) is 0 Å². The van der Waals surface area contributed by atoms with Gasteiger partial charge in [-0.2, -0.15) is 0 Å². The Kier molecular flexibility index (Phi) is 6.88. The van der Waals surface area contributed by atoms with E-state index in [-0.39, 0.29) is 23.5 Å². The number of carbonyl (C=O) groups is 1. The fourth-order valence-electron chi connectivity index (χ4n) is 4.64. The third-order valence-corrected chi connectivity index (χ3v) is 6.35. The van der Waals surface area contributed by atoms with Gasteiger partial charge in [0.1, 0.15) is 5.60 Å². The predicted octanol–water partition coefficient (Wildman–Crippen LogP) is 4.44. The van der Waals surface area contributed by atoms with Crippen LogP contribution >= 0.6 is 11.6 Å². The fraction of sp³-hybridized carbons (Fsp3) is 0.609. The number of aliphatic imine (C=N–C) groups is 1. The minimum absolute atomic E-state index is 0.0926. The van der Waals surface area contributed by atoms with Crippen LogP contribution in [0.5, 0.6) is 0 Å². The summed E-state index contributed by atoms with van der Waals surface area (Å²) in [6, 6.07) is 7.67. The first-order chi connectivity index (χ1) is 14.2. The Morgan fingerprint density at radius 2 is 2.03 bits per heavy atom. The molecule has 1 aromatic carbocycles.